The molecule has 0 aliphatic rings. The predicted molar refractivity (Wildman–Crippen MR) is 72.1 cm³/mol. The molecule has 0 saturated carbocycles. The minimum atomic E-state index is -1.32. The minimum absolute atomic E-state index is 0.478. The summed E-state index contributed by atoms with van der Waals surface area (Å²) in [7, 11) is 0. The average molecular weight is 259 g/mol. The van der Waals surface area contributed by atoms with E-state index in [1.165, 1.54) is 0 Å². The molecule has 2 amide bonds. The van der Waals surface area contributed by atoms with Crippen molar-refractivity contribution in [2.75, 3.05) is 11.9 Å². The van der Waals surface area contributed by atoms with Crippen LogP contribution in [0.3, 0.4) is 0 Å². The topological polar surface area (TPSA) is 82.0 Å². The van der Waals surface area contributed by atoms with Crippen LogP contribution in [0.25, 0.3) is 0 Å². The Hall–Kier alpha value is -2.35. The molecule has 100 valence electrons. The number of nitrogens with one attached hydrogen (secondary N) is 2. The van der Waals surface area contributed by atoms with E-state index in [2.05, 4.69) is 10.6 Å². The monoisotopic (exact) mass is 259 g/mol. The van der Waals surface area contributed by atoms with Gasteiger partial charge in [0, 0.05) is 12.2 Å². The Balaban J connectivity index is 2.57. The maximum absolute atomic E-state index is 11.8. The van der Waals surface area contributed by atoms with E-state index in [1.807, 2.05) is 13.0 Å². The lowest BCUT2D eigenvalue weighted by atomic mass is 10.1. The van der Waals surface area contributed by atoms with Gasteiger partial charge in [-0.25, -0.2) is 0 Å². The van der Waals surface area contributed by atoms with Crippen LogP contribution in [-0.2, 0) is 9.59 Å². The van der Waals surface area contributed by atoms with Gasteiger partial charge in [0.2, 0.25) is 11.8 Å². The van der Waals surface area contributed by atoms with Gasteiger partial charge in [0.1, 0.15) is 0 Å². The largest absolute Gasteiger partial charge is 0.355 e. The smallest absolute Gasteiger partial charge is 0.251 e. The zero-order chi connectivity index (χ0) is 14.1. The lowest BCUT2D eigenvalue weighted by molar-refractivity contribution is -0.130. The Bertz CT molecular complexity index is 465. The van der Waals surface area contributed by atoms with Gasteiger partial charge in [0.15, 0.2) is 0 Å². The third-order valence-electron chi connectivity index (χ3n) is 2.52. The van der Waals surface area contributed by atoms with Gasteiger partial charge in [-0.1, -0.05) is 31.5 Å². The van der Waals surface area contributed by atoms with Gasteiger partial charge in [0.05, 0.1) is 6.07 Å². The van der Waals surface area contributed by atoms with Gasteiger partial charge in [-0.15, -0.1) is 0 Å². The summed E-state index contributed by atoms with van der Waals surface area (Å²) in [5.74, 6) is -2.48. The van der Waals surface area contributed by atoms with Crippen LogP contribution in [0.2, 0.25) is 0 Å². The second-order valence-corrected chi connectivity index (χ2v) is 4.06. The molecular weight excluding hydrogens is 242 g/mol. The lowest BCUT2D eigenvalue weighted by Gasteiger charge is -2.10. The molecule has 0 spiro atoms. The summed E-state index contributed by atoms with van der Waals surface area (Å²) in [6.07, 6.45) is 1.76. The van der Waals surface area contributed by atoms with Crippen LogP contribution in [0.1, 0.15) is 19.8 Å². The van der Waals surface area contributed by atoms with Crippen molar-refractivity contribution >= 4 is 17.5 Å². The van der Waals surface area contributed by atoms with Gasteiger partial charge < -0.3 is 10.6 Å². The molecule has 1 aromatic rings. The van der Waals surface area contributed by atoms with Crippen LogP contribution in [0.15, 0.2) is 30.3 Å². The number of nitriles is 1. The molecule has 5 heteroatoms. The molecule has 1 aromatic carbocycles. The first-order valence-corrected chi connectivity index (χ1v) is 6.22. The van der Waals surface area contributed by atoms with Gasteiger partial charge in [-0.2, -0.15) is 5.26 Å². The Morgan fingerprint density at radius 2 is 1.95 bits per heavy atom. The van der Waals surface area contributed by atoms with E-state index in [0.717, 1.165) is 12.8 Å². The lowest BCUT2D eigenvalue weighted by Crippen LogP contribution is -2.37. The van der Waals surface area contributed by atoms with E-state index >= 15 is 0 Å². The number of rotatable bonds is 6. The van der Waals surface area contributed by atoms with Crippen LogP contribution in [0, 0.1) is 17.2 Å². The fourth-order valence-electron chi connectivity index (χ4n) is 1.46. The summed E-state index contributed by atoms with van der Waals surface area (Å²) in [6.45, 7) is 2.47. The Kier molecular flexibility index (Phi) is 6.10. The van der Waals surface area contributed by atoms with Crippen molar-refractivity contribution in [3.8, 4) is 6.07 Å². The molecular formula is C14H17N3O2. The third-order valence-corrected chi connectivity index (χ3v) is 2.52. The summed E-state index contributed by atoms with van der Waals surface area (Å²) in [5.41, 5.74) is 0.564. The molecule has 0 bridgehead atoms. The molecule has 0 aliphatic carbocycles. The molecule has 0 fully saturated rings. The highest BCUT2D eigenvalue weighted by Crippen LogP contribution is 2.07. The molecule has 19 heavy (non-hydrogen) atoms. The molecule has 1 rings (SSSR count). The first kappa shape index (κ1) is 14.7. The van der Waals surface area contributed by atoms with Crippen LogP contribution in [-0.4, -0.2) is 18.4 Å². The molecule has 0 aliphatic heterocycles. The Morgan fingerprint density at radius 3 is 2.53 bits per heavy atom. The SMILES string of the molecule is CCCCNC(=O)C(C#N)C(=O)Nc1ccccc1. The molecule has 0 heterocycles. The van der Waals surface area contributed by atoms with E-state index in [0.29, 0.717) is 12.2 Å². The highest BCUT2D eigenvalue weighted by atomic mass is 16.2. The number of hydrogen-bond donors (Lipinski definition) is 2. The standard InChI is InChI=1S/C14H17N3O2/c1-2-3-9-16-13(18)12(10-15)14(19)17-11-7-5-4-6-8-11/h4-8,12H,2-3,9H2,1H3,(H,16,18)(H,17,19). The summed E-state index contributed by atoms with van der Waals surface area (Å²) < 4.78 is 0. The number of para-hydroxylation sites is 1. The van der Waals surface area contributed by atoms with E-state index in [9.17, 15) is 9.59 Å². The van der Waals surface area contributed by atoms with Crippen LogP contribution in [0.5, 0.6) is 0 Å². The fourth-order valence-corrected chi connectivity index (χ4v) is 1.46. The normalized spacial score (nSPS) is 11.2. The number of amides is 2. The van der Waals surface area contributed by atoms with Crippen LogP contribution < -0.4 is 10.6 Å². The van der Waals surface area contributed by atoms with Crippen molar-refractivity contribution in [1.82, 2.24) is 5.32 Å². The zero-order valence-corrected chi connectivity index (χ0v) is 10.8. The average Bonchev–Trinajstić information content (AvgIpc) is 2.41. The van der Waals surface area contributed by atoms with Gasteiger partial charge in [0.25, 0.3) is 5.91 Å². The number of carbonyl (C=O) groups excluding carboxylic acids is 2. The van der Waals surface area contributed by atoms with Crippen molar-refractivity contribution in [1.29, 1.82) is 5.26 Å². The number of unbranched alkanes of at least 4 members (excludes halogenated alkanes) is 1. The van der Waals surface area contributed by atoms with Crippen molar-refractivity contribution in [3.63, 3.8) is 0 Å². The maximum Gasteiger partial charge on any atom is 0.251 e. The van der Waals surface area contributed by atoms with Gasteiger partial charge in [-0.3, -0.25) is 9.59 Å². The minimum Gasteiger partial charge on any atom is -0.355 e. The van der Waals surface area contributed by atoms with Crippen molar-refractivity contribution < 1.29 is 9.59 Å². The maximum atomic E-state index is 11.8. The first-order valence-electron chi connectivity index (χ1n) is 6.22. The quantitative estimate of drug-likeness (QED) is 0.602. The predicted octanol–water partition coefficient (Wildman–Crippen LogP) is 1.68. The number of anilines is 1. The molecule has 5 nitrogen and oxygen atoms in total. The second-order valence-electron chi connectivity index (χ2n) is 4.06. The summed E-state index contributed by atoms with van der Waals surface area (Å²) in [5, 5.41) is 14.1. The van der Waals surface area contributed by atoms with Crippen molar-refractivity contribution in [2.45, 2.75) is 19.8 Å². The number of hydrogen-bond acceptors (Lipinski definition) is 3. The van der Waals surface area contributed by atoms with E-state index < -0.39 is 17.7 Å². The number of benzene rings is 1. The Labute approximate surface area is 112 Å². The summed E-state index contributed by atoms with van der Waals surface area (Å²) >= 11 is 0. The fraction of sp³-hybridized carbons (Fsp3) is 0.357. The van der Waals surface area contributed by atoms with Gasteiger partial charge >= 0.3 is 0 Å². The second kappa shape index (κ2) is 7.88. The van der Waals surface area contributed by atoms with E-state index in [-0.39, 0.29) is 0 Å². The highest BCUT2D eigenvalue weighted by molar-refractivity contribution is 6.08. The number of carbonyl (C=O) groups is 2. The molecule has 1 atom stereocenters. The van der Waals surface area contributed by atoms with Crippen molar-refractivity contribution in [2.24, 2.45) is 5.92 Å². The highest BCUT2D eigenvalue weighted by Gasteiger charge is 2.26. The number of nitrogens with zero attached hydrogens (tertiary/aromatic N) is 1. The summed E-state index contributed by atoms with van der Waals surface area (Å²) in [4.78, 5) is 23.5. The molecule has 0 saturated heterocycles. The molecule has 2 N–H and O–H groups in total. The van der Waals surface area contributed by atoms with Crippen LogP contribution >= 0.6 is 0 Å². The molecule has 0 radical (unpaired) electrons. The molecule has 0 aromatic heterocycles. The van der Waals surface area contributed by atoms with E-state index in [1.54, 1.807) is 30.3 Å². The molecule has 1 unspecified atom stereocenters. The van der Waals surface area contributed by atoms with Crippen LogP contribution in [0.4, 0.5) is 5.69 Å². The third kappa shape index (κ3) is 4.80. The van der Waals surface area contributed by atoms with Gasteiger partial charge in [-0.05, 0) is 18.6 Å². The summed E-state index contributed by atoms with van der Waals surface area (Å²) in [6, 6.07) is 10.5. The first-order chi connectivity index (χ1) is 9.19. The zero-order valence-electron chi connectivity index (χ0n) is 10.8. The Morgan fingerprint density at radius 1 is 1.26 bits per heavy atom. The van der Waals surface area contributed by atoms with E-state index in [4.69, 9.17) is 5.26 Å². The van der Waals surface area contributed by atoms with Crippen molar-refractivity contribution in [3.05, 3.63) is 30.3 Å².